The average Bonchev–Trinajstić information content (AvgIpc) is 3.40. The Kier molecular flexibility index (Phi) is 4.41. The van der Waals surface area contributed by atoms with Crippen LogP contribution >= 0.6 is 34.0 Å². The third kappa shape index (κ3) is 3.11. The molecule has 4 aromatic heterocycles. The number of fused-ring (bicyclic) bond motifs is 2. The van der Waals surface area contributed by atoms with E-state index in [0.717, 1.165) is 48.1 Å². The molecule has 1 saturated heterocycles. The molecule has 0 N–H and O–H groups in total. The van der Waals surface area contributed by atoms with Gasteiger partial charge in [-0.15, -0.1) is 11.3 Å². The van der Waals surface area contributed by atoms with E-state index in [-0.39, 0.29) is 5.91 Å². The predicted molar refractivity (Wildman–Crippen MR) is 117 cm³/mol. The van der Waals surface area contributed by atoms with Gasteiger partial charge in [0, 0.05) is 46.5 Å². The number of pyridine rings is 1. The fraction of sp³-hybridized carbons (Fsp3) is 0.333. The summed E-state index contributed by atoms with van der Waals surface area (Å²) >= 11 is 4.72. The number of rotatable bonds is 3. The number of thiazole rings is 2. The lowest BCUT2D eigenvalue weighted by Crippen LogP contribution is -2.48. The summed E-state index contributed by atoms with van der Waals surface area (Å²) in [6.45, 7) is 2.97. The van der Waals surface area contributed by atoms with Crippen molar-refractivity contribution >= 4 is 70.1 Å². The van der Waals surface area contributed by atoms with E-state index in [9.17, 15) is 4.79 Å². The summed E-state index contributed by atoms with van der Waals surface area (Å²) in [4.78, 5) is 35.4. The van der Waals surface area contributed by atoms with Gasteiger partial charge in [-0.05, 0) is 18.2 Å². The number of piperazine rings is 1. The summed E-state index contributed by atoms with van der Waals surface area (Å²) in [7, 11) is 3.96. The summed E-state index contributed by atoms with van der Waals surface area (Å²) in [6, 6.07) is 5.88. The zero-order valence-electron chi connectivity index (χ0n) is 15.5. The van der Waals surface area contributed by atoms with Crippen molar-refractivity contribution in [1.82, 2.24) is 19.9 Å². The van der Waals surface area contributed by atoms with E-state index in [0.29, 0.717) is 13.1 Å². The molecule has 10 heteroatoms. The molecule has 28 heavy (non-hydrogen) atoms. The standard InChI is InChI=1S/C18H18N6OS3/c1-22(2)17-21-15-12(27-17)10-13(26-15)16(25)23-6-8-24(9-7-23)18-20-11-4-3-5-19-14(11)28-18/h3-5,10H,6-9H2,1-2H3. The first-order valence-electron chi connectivity index (χ1n) is 8.92. The van der Waals surface area contributed by atoms with Gasteiger partial charge in [0.15, 0.2) is 10.3 Å². The van der Waals surface area contributed by atoms with Crippen LogP contribution in [0.15, 0.2) is 24.4 Å². The first-order valence-corrected chi connectivity index (χ1v) is 11.4. The molecule has 1 aliphatic rings. The van der Waals surface area contributed by atoms with Gasteiger partial charge in [0.05, 0.1) is 9.58 Å². The number of anilines is 2. The van der Waals surface area contributed by atoms with Gasteiger partial charge in [0.25, 0.3) is 5.91 Å². The van der Waals surface area contributed by atoms with Crippen LogP contribution in [0.1, 0.15) is 9.67 Å². The first kappa shape index (κ1) is 17.8. The topological polar surface area (TPSA) is 65.5 Å². The zero-order chi connectivity index (χ0) is 19.3. The van der Waals surface area contributed by atoms with Crippen molar-refractivity contribution in [2.45, 2.75) is 0 Å². The number of hydrogen-bond acceptors (Lipinski definition) is 9. The minimum atomic E-state index is 0.104. The van der Waals surface area contributed by atoms with Crippen molar-refractivity contribution in [1.29, 1.82) is 0 Å². The number of thiophene rings is 1. The second-order valence-corrected chi connectivity index (χ2v) is 9.77. The van der Waals surface area contributed by atoms with E-state index in [1.54, 1.807) is 28.9 Å². The molecule has 7 nitrogen and oxygen atoms in total. The Morgan fingerprint density at radius 1 is 1.07 bits per heavy atom. The molecule has 0 aromatic carbocycles. The van der Waals surface area contributed by atoms with E-state index >= 15 is 0 Å². The molecule has 0 bridgehead atoms. The fourth-order valence-electron chi connectivity index (χ4n) is 3.17. The Balaban J connectivity index is 1.28. The molecule has 144 valence electrons. The van der Waals surface area contributed by atoms with Gasteiger partial charge in [-0.25, -0.2) is 15.0 Å². The van der Waals surface area contributed by atoms with E-state index in [1.807, 2.05) is 42.1 Å². The van der Waals surface area contributed by atoms with Gasteiger partial charge in [-0.2, -0.15) is 0 Å². The lowest BCUT2D eigenvalue weighted by atomic mass is 10.3. The SMILES string of the molecule is CN(C)c1nc2sc(C(=O)N3CCN(c4nc5cccnc5s4)CC3)cc2s1. The van der Waals surface area contributed by atoms with Gasteiger partial charge in [-0.1, -0.05) is 22.7 Å². The molecule has 0 atom stereocenters. The van der Waals surface area contributed by atoms with Crippen molar-refractivity contribution in [2.75, 3.05) is 50.1 Å². The highest BCUT2D eigenvalue weighted by atomic mass is 32.1. The number of carbonyl (C=O) groups is 1. The molecule has 5 rings (SSSR count). The molecule has 0 unspecified atom stereocenters. The maximum atomic E-state index is 12.9. The number of amides is 1. The summed E-state index contributed by atoms with van der Waals surface area (Å²) in [5.41, 5.74) is 0.934. The van der Waals surface area contributed by atoms with Crippen LogP contribution in [0.3, 0.4) is 0 Å². The van der Waals surface area contributed by atoms with E-state index in [2.05, 4.69) is 19.9 Å². The molecule has 0 radical (unpaired) electrons. The molecule has 1 fully saturated rings. The van der Waals surface area contributed by atoms with Gasteiger partial charge in [0.1, 0.15) is 15.2 Å². The largest absolute Gasteiger partial charge is 0.354 e. The van der Waals surface area contributed by atoms with E-state index < -0.39 is 0 Å². The molecule has 1 aliphatic heterocycles. The number of carbonyl (C=O) groups excluding carboxylic acids is 1. The Morgan fingerprint density at radius 2 is 1.89 bits per heavy atom. The summed E-state index contributed by atoms with van der Waals surface area (Å²) in [5.74, 6) is 0.104. The van der Waals surface area contributed by atoms with E-state index in [4.69, 9.17) is 0 Å². The molecular formula is C18H18N6OS3. The highest BCUT2D eigenvalue weighted by Gasteiger charge is 2.25. The van der Waals surface area contributed by atoms with Crippen LogP contribution in [0.25, 0.3) is 19.9 Å². The van der Waals surface area contributed by atoms with Crippen molar-refractivity contribution < 1.29 is 4.79 Å². The van der Waals surface area contributed by atoms with Gasteiger partial charge in [0.2, 0.25) is 0 Å². The van der Waals surface area contributed by atoms with Gasteiger partial charge < -0.3 is 14.7 Å². The second-order valence-electron chi connectivity index (χ2n) is 6.77. The normalized spacial score (nSPS) is 14.9. The monoisotopic (exact) mass is 430 g/mol. The van der Waals surface area contributed by atoms with E-state index in [1.165, 1.54) is 11.3 Å². The fourth-order valence-corrected chi connectivity index (χ4v) is 6.23. The number of aromatic nitrogens is 3. The maximum Gasteiger partial charge on any atom is 0.264 e. The predicted octanol–water partition coefficient (Wildman–Crippen LogP) is 3.39. The van der Waals surface area contributed by atoms with Crippen molar-refractivity contribution in [2.24, 2.45) is 0 Å². The molecule has 0 spiro atoms. The zero-order valence-corrected chi connectivity index (χ0v) is 17.9. The van der Waals surface area contributed by atoms with Crippen LogP contribution in [0.5, 0.6) is 0 Å². The summed E-state index contributed by atoms with van der Waals surface area (Å²) in [6.07, 6.45) is 1.79. The summed E-state index contributed by atoms with van der Waals surface area (Å²) < 4.78 is 1.08. The van der Waals surface area contributed by atoms with Crippen molar-refractivity contribution in [3.05, 3.63) is 29.3 Å². The minimum Gasteiger partial charge on any atom is -0.354 e. The smallest absolute Gasteiger partial charge is 0.264 e. The highest BCUT2D eigenvalue weighted by Crippen LogP contribution is 2.34. The lowest BCUT2D eigenvalue weighted by Gasteiger charge is -2.34. The highest BCUT2D eigenvalue weighted by molar-refractivity contribution is 7.29. The van der Waals surface area contributed by atoms with Gasteiger partial charge in [-0.3, -0.25) is 4.79 Å². The third-order valence-electron chi connectivity index (χ3n) is 4.66. The molecule has 1 amide bonds. The van der Waals surface area contributed by atoms with Gasteiger partial charge >= 0.3 is 0 Å². The number of nitrogens with zero attached hydrogens (tertiary/aromatic N) is 6. The average molecular weight is 431 g/mol. The molecule has 0 aliphatic carbocycles. The Hall–Kier alpha value is -2.30. The molecule has 4 aromatic rings. The van der Waals surface area contributed by atoms with Crippen LogP contribution in [-0.4, -0.2) is 66.0 Å². The second kappa shape index (κ2) is 6.94. The summed E-state index contributed by atoms with van der Waals surface area (Å²) in [5, 5.41) is 1.96. The third-order valence-corrected chi connectivity index (χ3v) is 8.02. The Morgan fingerprint density at radius 3 is 2.61 bits per heavy atom. The first-order chi connectivity index (χ1) is 13.6. The van der Waals surface area contributed by atoms with Crippen LogP contribution in [0.4, 0.5) is 10.3 Å². The molecule has 5 heterocycles. The quantitative estimate of drug-likeness (QED) is 0.496. The minimum absolute atomic E-state index is 0.104. The maximum absolute atomic E-state index is 12.9. The lowest BCUT2D eigenvalue weighted by molar-refractivity contribution is 0.0751. The van der Waals surface area contributed by atoms with Crippen LogP contribution in [0.2, 0.25) is 0 Å². The van der Waals surface area contributed by atoms with Crippen LogP contribution in [-0.2, 0) is 0 Å². The molecular weight excluding hydrogens is 412 g/mol. The van der Waals surface area contributed by atoms with Crippen molar-refractivity contribution in [3.63, 3.8) is 0 Å². The Labute approximate surface area is 173 Å². The van der Waals surface area contributed by atoms with Crippen LogP contribution in [0, 0.1) is 0 Å². The number of hydrogen-bond donors (Lipinski definition) is 0. The van der Waals surface area contributed by atoms with Crippen LogP contribution < -0.4 is 9.80 Å². The van der Waals surface area contributed by atoms with Crippen molar-refractivity contribution in [3.8, 4) is 0 Å². The molecule has 0 saturated carbocycles. The Bertz CT molecular complexity index is 1090.